The van der Waals surface area contributed by atoms with E-state index in [4.69, 9.17) is 4.98 Å². The van der Waals surface area contributed by atoms with Crippen molar-refractivity contribution >= 4 is 27.3 Å². The highest BCUT2D eigenvalue weighted by Crippen LogP contribution is 2.29. The minimum absolute atomic E-state index is 1.00. The van der Waals surface area contributed by atoms with Gasteiger partial charge in [0, 0.05) is 21.3 Å². The molecule has 0 atom stereocenters. The highest BCUT2D eigenvalue weighted by Gasteiger charge is 2.10. The Morgan fingerprint density at radius 2 is 1.81 bits per heavy atom. The van der Waals surface area contributed by atoms with Crippen molar-refractivity contribution in [2.75, 3.05) is 0 Å². The van der Waals surface area contributed by atoms with Crippen LogP contribution in [0.15, 0.2) is 59.1 Å². The van der Waals surface area contributed by atoms with Crippen molar-refractivity contribution in [2.45, 2.75) is 19.8 Å². The van der Waals surface area contributed by atoms with E-state index in [1.54, 1.807) is 0 Å². The summed E-state index contributed by atoms with van der Waals surface area (Å²) in [6, 6.07) is 18.9. The van der Waals surface area contributed by atoms with E-state index in [1.165, 1.54) is 21.0 Å². The number of thiazole rings is 1. The summed E-state index contributed by atoms with van der Waals surface area (Å²) in [6.07, 6.45) is 2.05. The van der Waals surface area contributed by atoms with E-state index in [9.17, 15) is 0 Å². The molecule has 3 aromatic rings. The Morgan fingerprint density at radius 3 is 2.57 bits per heavy atom. The maximum absolute atomic E-state index is 4.83. The molecule has 106 valence electrons. The van der Waals surface area contributed by atoms with Crippen LogP contribution in [0.5, 0.6) is 0 Å². The molecule has 1 nitrogen and oxygen atoms in total. The first-order valence-electron chi connectivity index (χ1n) is 6.98. The molecular formula is C18H16BrNS. The summed E-state index contributed by atoms with van der Waals surface area (Å²) in [4.78, 5) is 6.12. The number of rotatable bonds is 4. The van der Waals surface area contributed by atoms with E-state index < -0.39 is 0 Å². The van der Waals surface area contributed by atoms with Gasteiger partial charge in [0.15, 0.2) is 0 Å². The molecule has 0 N–H and O–H groups in total. The van der Waals surface area contributed by atoms with Gasteiger partial charge in [-0.1, -0.05) is 58.4 Å². The van der Waals surface area contributed by atoms with Gasteiger partial charge in [0.2, 0.25) is 0 Å². The predicted octanol–water partition coefficient (Wildman–Crippen LogP) is 5.67. The van der Waals surface area contributed by atoms with Crippen LogP contribution in [0.4, 0.5) is 0 Å². The van der Waals surface area contributed by atoms with E-state index in [0.717, 1.165) is 23.0 Å². The fraction of sp³-hybridized carbons (Fsp3) is 0.167. The average Bonchev–Trinajstić information content (AvgIpc) is 2.87. The Balaban J connectivity index is 1.78. The molecule has 0 unspecified atom stereocenters. The quantitative estimate of drug-likeness (QED) is 0.586. The van der Waals surface area contributed by atoms with Crippen LogP contribution in [0.3, 0.4) is 0 Å². The molecule has 21 heavy (non-hydrogen) atoms. The fourth-order valence-corrected chi connectivity index (χ4v) is 3.71. The fourth-order valence-electron chi connectivity index (χ4n) is 2.36. The third-order valence-corrected chi connectivity index (χ3v) is 4.93. The third kappa shape index (κ3) is 3.60. The number of halogens is 1. The van der Waals surface area contributed by atoms with Gasteiger partial charge in [-0.25, -0.2) is 4.98 Å². The molecule has 3 heteroatoms. The molecule has 1 heterocycles. The summed E-state index contributed by atoms with van der Waals surface area (Å²) in [5.41, 5.74) is 3.67. The van der Waals surface area contributed by atoms with Gasteiger partial charge in [-0.05, 0) is 31.0 Å². The molecule has 0 bridgehead atoms. The first-order chi connectivity index (χ1) is 10.2. The highest BCUT2D eigenvalue weighted by molar-refractivity contribution is 9.10. The third-order valence-electron chi connectivity index (χ3n) is 3.41. The monoisotopic (exact) mass is 357 g/mol. The van der Waals surface area contributed by atoms with Crippen LogP contribution in [0.1, 0.15) is 15.4 Å². The van der Waals surface area contributed by atoms with Gasteiger partial charge in [-0.15, -0.1) is 11.3 Å². The lowest BCUT2D eigenvalue weighted by Gasteiger charge is -1.99. The van der Waals surface area contributed by atoms with Crippen molar-refractivity contribution in [3.8, 4) is 11.3 Å². The van der Waals surface area contributed by atoms with Gasteiger partial charge in [0.25, 0.3) is 0 Å². The number of benzene rings is 2. The van der Waals surface area contributed by atoms with Gasteiger partial charge in [0.05, 0.1) is 10.7 Å². The van der Waals surface area contributed by atoms with Gasteiger partial charge >= 0.3 is 0 Å². The van der Waals surface area contributed by atoms with Crippen LogP contribution in [0.25, 0.3) is 11.3 Å². The zero-order chi connectivity index (χ0) is 14.7. The largest absolute Gasteiger partial charge is 0.241 e. The Bertz CT molecular complexity index is 734. The lowest BCUT2D eigenvalue weighted by atomic mass is 10.1. The second kappa shape index (κ2) is 6.54. The maximum Gasteiger partial charge on any atom is 0.0938 e. The van der Waals surface area contributed by atoms with E-state index in [2.05, 4.69) is 71.4 Å². The summed E-state index contributed by atoms with van der Waals surface area (Å²) in [5.74, 6) is 0. The van der Waals surface area contributed by atoms with Crippen molar-refractivity contribution in [1.82, 2.24) is 4.98 Å². The Hall–Kier alpha value is -1.45. The molecule has 3 rings (SSSR count). The van der Waals surface area contributed by atoms with Crippen molar-refractivity contribution in [2.24, 2.45) is 0 Å². The number of hydrogen-bond donors (Lipinski definition) is 0. The van der Waals surface area contributed by atoms with E-state index >= 15 is 0 Å². The van der Waals surface area contributed by atoms with Gasteiger partial charge < -0.3 is 0 Å². The Kier molecular flexibility index (Phi) is 4.51. The smallest absolute Gasteiger partial charge is 0.0938 e. The SMILES string of the molecule is Cc1sc(CCc2ccccc2)nc1-c1cccc(Br)c1. The Labute approximate surface area is 137 Å². The molecule has 1 aromatic heterocycles. The minimum atomic E-state index is 1.00. The van der Waals surface area contributed by atoms with Gasteiger partial charge in [0.1, 0.15) is 0 Å². The summed E-state index contributed by atoms with van der Waals surface area (Å²) in [6.45, 7) is 2.15. The van der Waals surface area contributed by atoms with Gasteiger partial charge in [-0.2, -0.15) is 0 Å². The zero-order valence-electron chi connectivity index (χ0n) is 11.8. The second-order valence-electron chi connectivity index (χ2n) is 5.01. The summed E-state index contributed by atoms with van der Waals surface area (Å²) in [5, 5.41) is 1.21. The molecule has 0 saturated heterocycles. The van der Waals surface area contributed by atoms with E-state index in [1.807, 2.05) is 17.4 Å². The lowest BCUT2D eigenvalue weighted by Crippen LogP contribution is -1.90. The number of hydrogen-bond acceptors (Lipinski definition) is 2. The van der Waals surface area contributed by atoms with Crippen molar-refractivity contribution in [1.29, 1.82) is 0 Å². The molecule has 0 fully saturated rings. The highest BCUT2D eigenvalue weighted by atomic mass is 79.9. The molecule has 0 saturated carbocycles. The number of nitrogens with zero attached hydrogens (tertiary/aromatic N) is 1. The standard InChI is InChI=1S/C18H16BrNS/c1-13-18(15-8-5-9-16(19)12-15)20-17(21-13)11-10-14-6-3-2-4-7-14/h2-9,12H,10-11H2,1H3. The maximum atomic E-state index is 4.83. The normalized spacial score (nSPS) is 10.8. The van der Waals surface area contributed by atoms with Crippen LogP contribution in [-0.4, -0.2) is 4.98 Å². The Morgan fingerprint density at radius 1 is 1.00 bits per heavy atom. The lowest BCUT2D eigenvalue weighted by molar-refractivity contribution is 0.945. The molecule has 0 aliphatic rings. The van der Waals surface area contributed by atoms with Crippen LogP contribution >= 0.6 is 27.3 Å². The first kappa shape index (κ1) is 14.5. The van der Waals surface area contributed by atoms with Crippen molar-refractivity contribution < 1.29 is 0 Å². The molecule has 0 aliphatic heterocycles. The summed E-state index contributed by atoms with van der Waals surface area (Å²) < 4.78 is 1.10. The van der Waals surface area contributed by atoms with Crippen molar-refractivity contribution in [3.05, 3.63) is 74.5 Å². The zero-order valence-corrected chi connectivity index (χ0v) is 14.2. The topological polar surface area (TPSA) is 12.9 Å². The van der Waals surface area contributed by atoms with Crippen LogP contribution in [0, 0.1) is 6.92 Å². The van der Waals surface area contributed by atoms with Gasteiger partial charge in [-0.3, -0.25) is 0 Å². The number of aromatic nitrogens is 1. The number of aryl methyl sites for hydroxylation is 3. The molecule has 2 aromatic carbocycles. The van der Waals surface area contributed by atoms with Crippen molar-refractivity contribution in [3.63, 3.8) is 0 Å². The predicted molar refractivity (Wildman–Crippen MR) is 93.8 cm³/mol. The molecule has 0 amide bonds. The summed E-state index contributed by atoms with van der Waals surface area (Å²) in [7, 11) is 0. The average molecular weight is 358 g/mol. The molecule has 0 aliphatic carbocycles. The summed E-state index contributed by atoms with van der Waals surface area (Å²) >= 11 is 5.34. The van der Waals surface area contributed by atoms with Crippen LogP contribution in [0.2, 0.25) is 0 Å². The first-order valence-corrected chi connectivity index (χ1v) is 8.59. The second-order valence-corrected chi connectivity index (χ2v) is 7.21. The van der Waals surface area contributed by atoms with Crippen LogP contribution in [-0.2, 0) is 12.8 Å². The molecule has 0 spiro atoms. The minimum Gasteiger partial charge on any atom is -0.241 e. The van der Waals surface area contributed by atoms with E-state index in [0.29, 0.717) is 0 Å². The van der Waals surface area contributed by atoms with Crippen LogP contribution < -0.4 is 0 Å². The molecular weight excluding hydrogens is 342 g/mol. The molecule has 0 radical (unpaired) electrons. The van der Waals surface area contributed by atoms with E-state index in [-0.39, 0.29) is 0 Å².